The molecule has 28 heavy (non-hydrogen) atoms. The van der Waals surface area contributed by atoms with Crippen molar-refractivity contribution in [1.82, 2.24) is 0 Å². The molecule has 0 aliphatic heterocycles. The fraction of sp³-hybridized carbons (Fsp3) is 0.550. The van der Waals surface area contributed by atoms with E-state index in [1.807, 2.05) is 0 Å². The van der Waals surface area contributed by atoms with Crippen molar-refractivity contribution in [2.24, 2.45) is 11.8 Å². The number of allylic oxidation sites excluding steroid dienone is 1. The molecule has 1 fully saturated rings. The smallest absolute Gasteiger partial charge is 0.309 e. The molecule has 1 aliphatic rings. The van der Waals surface area contributed by atoms with Gasteiger partial charge < -0.3 is 23.4 Å². The highest BCUT2D eigenvalue weighted by atomic mass is 16.5. The number of hydrogen-bond donors (Lipinski definition) is 0. The second kappa shape index (κ2) is 9.66. The van der Waals surface area contributed by atoms with Gasteiger partial charge in [-0.15, -0.1) is 0 Å². The van der Waals surface area contributed by atoms with Gasteiger partial charge in [-0.1, -0.05) is 6.08 Å². The molecule has 0 saturated heterocycles. The van der Waals surface area contributed by atoms with Crippen LogP contribution in [-0.4, -0.2) is 52.4 Å². The van der Waals surface area contributed by atoms with Gasteiger partial charge in [-0.25, -0.2) is 0 Å². The van der Waals surface area contributed by atoms with E-state index in [0.717, 1.165) is 6.26 Å². The van der Waals surface area contributed by atoms with Crippen LogP contribution in [0.3, 0.4) is 0 Å². The maximum absolute atomic E-state index is 13.3. The predicted molar refractivity (Wildman–Crippen MR) is 100 cm³/mol. The van der Waals surface area contributed by atoms with Crippen LogP contribution >= 0.6 is 0 Å². The Balaban J connectivity index is 2.52. The van der Waals surface area contributed by atoms with E-state index in [2.05, 4.69) is 0 Å². The van der Waals surface area contributed by atoms with Crippen molar-refractivity contribution in [3.8, 4) is 5.75 Å². The lowest BCUT2D eigenvalue weighted by Gasteiger charge is -2.38. The average Bonchev–Trinajstić information content (AvgIpc) is 2.72. The van der Waals surface area contributed by atoms with Crippen molar-refractivity contribution in [3.05, 3.63) is 33.9 Å². The van der Waals surface area contributed by atoms with Crippen LogP contribution in [0.5, 0.6) is 5.75 Å². The van der Waals surface area contributed by atoms with Crippen LogP contribution in [0.15, 0.2) is 21.6 Å². The van der Waals surface area contributed by atoms with Crippen LogP contribution in [0.25, 0.3) is 6.08 Å². The van der Waals surface area contributed by atoms with Crippen molar-refractivity contribution in [3.63, 3.8) is 0 Å². The van der Waals surface area contributed by atoms with E-state index in [4.69, 9.17) is 23.4 Å². The summed E-state index contributed by atoms with van der Waals surface area (Å²) in [5.41, 5.74) is -0.791. The lowest BCUT2D eigenvalue weighted by molar-refractivity contribution is -0.154. The molecule has 1 aromatic rings. The van der Waals surface area contributed by atoms with Crippen LogP contribution in [-0.2, 0) is 19.0 Å². The minimum Gasteiger partial charge on any atom is -0.490 e. The molecule has 8 nitrogen and oxygen atoms in total. The molecule has 0 N–H and O–H groups in total. The lowest BCUT2D eigenvalue weighted by atomic mass is 9.72. The van der Waals surface area contributed by atoms with Gasteiger partial charge in [0.2, 0.25) is 11.2 Å². The van der Waals surface area contributed by atoms with Crippen molar-refractivity contribution >= 4 is 17.8 Å². The van der Waals surface area contributed by atoms with E-state index >= 15 is 0 Å². The number of hydrogen-bond acceptors (Lipinski definition) is 8. The molecule has 1 heterocycles. The number of esters is 1. The number of methoxy groups -OCH3 is 4. The van der Waals surface area contributed by atoms with E-state index in [0.29, 0.717) is 12.8 Å². The number of ketones is 1. The summed E-state index contributed by atoms with van der Waals surface area (Å²) in [6, 6.07) is 0. The van der Waals surface area contributed by atoms with Gasteiger partial charge >= 0.3 is 5.97 Å². The Bertz CT molecular complexity index is 794. The van der Waals surface area contributed by atoms with Gasteiger partial charge in [0.25, 0.3) is 0 Å². The SMILES string of the molecule is C/C=C/c1occ(C(=O)C2C(OC)CC(OC)CC2C(=O)OC)c(=O)c1OC. The van der Waals surface area contributed by atoms with E-state index in [1.54, 1.807) is 19.1 Å². The molecule has 4 unspecified atom stereocenters. The van der Waals surface area contributed by atoms with Gasteiger partial charge in [-0.05, 0) is 19.4 Å². The molecule has 2 rings (SSSR count). The Morgan fingerprint density at radius 1 is 1.14 bits per heavy atom. The zero-order valence-corrected chi connectivity index (χ0v) is 16.7. The quantitative estimate of drug-likeness (QED) is 0.512. The van der Waals surface area contributed by atoms with Crippen LogP contribution in [0.2, 0.25) is 0 Å². The molecule has 0 bridgehead atoms. The van der Waals surface area contributed by atoms with Crippen LogP contribution < -0.4 is 10.2 Å². The fourth-order valence-electron chi connectivity index (χ4n) is 3.64. The Hall–Kier alpha value is -2.45. The summed E-state index contributed by atoms with van der Waals surface area (Å²) < 4.78 is 26.3. The molecule has 4 atom stereocenters. The summed E-state index contributed by atoms with van der Waals surface area (Å²) in [5, 5.41) is 0. The van der Waals surface area contributed by atoms with Crippen molar-refractivity contribution in [2.45, 2.75) is 32.0 Å². The third-order valence-corrected chi connectivity index (χ3v) is 5.05. The third-order valence-electron chi connectivity index (χ3n) is 5.05. The van der Waals surface area contributed by atoms with Crippen molar-refractivity contribution in [1.29, 1.82) is 0 Å². The second-order valence-electron chi connectivity index (χ2n) is 6.50. The number of rotatable bonds is 7. The number of ether oxygens (including phenoxy) is 4. The average molecular weight is 394 g/mol. The first-order valence-electron chi connectivity index (χ1n) is 8.93. The van der Waals surface area contributed by atoms with Crippen molar-refractivity contribution in [2.75, 3.05) is 28.4 Å². The van der Waals surface area contributed by atoms with Gasteiger partial charge in [0.15, 0.2) is 11.5 Å². The number of carbonyl (C=O) groups is 2. The monoisotopic (exact) mass is 394 g/mol. The van der Waals surface area contributed by atoms with Gasteiger partial charge in [-0.2, -0.15) is 0 Å². The molecule has 0 aromatic carbocycles. The highest BCUT2D eigenvalue weighted by molar-refractivity contribution is 6.00. The summed E-state index contributed by atoms with van der Waals surface area (Å²) in [7, 11) is 5.57. The molecule has 0 radical (unpaired) electrons. The zero-order valence-electron chi connectivity index (χ0n) is 16.7. The Labute approximate surface area is 163 Å². The van der Waals surface area contributed by atoms with E-state index in [-0.39, 0.29) is 23.2 Å². The minimum atomic E-state index is -0.899. The fourth-order valence-corrected chi connectivity index (χ4v) is 3.64. The van der Waals surface area contributed by atoms with E-state index in [1.165, 1.54) is 28.4 Å². The Kier molecular flexibility index (Phi) is 7.53. The second-order valence-corrected chi connectivity index (χ2v) is 6.50. The third kappa shape index (κ3) is 4.18. The number of Topliss-reactive ketones (excluding diaryl/α,β-unsaturated/α-hetero) is 1. The van der Waals surface area contributed by atoms with E-state index < -0.39 is 35.1 Å². The summed E-state index contributed by atoms with van der Waals surface area (Å²) in [5.74, 6) is -2.66. The van der Waals surface area contributed by atoms with Gasteiger partial charge in [0, 0.05) is 20.6 Å². The zero-order chi connectivity index (χ0) is 20.8. The maximum Gasteiger partial charge on any atom is 0.309 e. The number of carbonyl (C=O) groups excluding carboxylic acids is 2. The predicted octanol–water partition coefficient (Wildman–Crippen LogP) is 2.09. The molecule has 1 saturated carbocycles. The first-order chi connectivity index (χ1) is 13.4. The first-order valence-corrected chi connectivity index (χ1v) is 8.93. The molecule has 1 aromatic heterocycles. The van der Waals surface area contributed by atoms with Crippen molar-refractivity contribution < 1.29 is 33.0 Å². The highest BCUT2D eigenvalue weighted by Crippen LogP contribution is 2.36. The van der Waals surface area contributed by atoms with Gasteiger partial charge in [0.05, 0.1) is 38.3 Å². The lowest BCUT2D eigenvalue weighted by Crippen LogP contribution is -2.48. The summed E-state index contributed by atoms with van der Waals surface area (Å²) in [6.45, 7) is 1.76. The summed E-state index contributed by atoms with van der Waals surface area (Å²) in [6.07, 6.45) is 4.17. The summed E-state index contributed by atoms with van der Waals surface area (Å²) in [4.78, 5) is 38.5. The molecular weight excluding hydrogens is 368 g/mol. The van der Waals surface area contributed by atoms with Crippen LogP contribution in [0, 0.1) is 11.8 Å². The minimum absolute atomic E-state index is 0.0712. The molecule has 0 spiro atoms. The standard InChI is InChI=1S/C20H26O8/c1-6-7-14-19(26-4)18(22)13(10-28-14)17(21)16-12(20(23)27-5)8-11(24-2)9-15(16)25-3/h6-7,10-12,15-16H,8-9H2,1-5H3/b7-6+. The van der Waals surface area contributed by atoms with E-state index in [9.17, 15) is 14.4 Å². The molecule has 1 aliphatic carbocycles. The normalized spacial score (nSPS) is 24.9. The topological polar surface area (TPSA) is 101 Å². The van der Waals surface area contributed by atoms with Gasteiger partial charge in [-0.3, -0.25) is 14.4 Å². The Morgan fingerprint density at radius 2 is 1.86 bits per heavy atom. The first kappa shape index (κ1) is 21.8. The molecule has 8 heteroatoms. The van der Waals surface area contributed by atoms with Gasteiger partial charge in [0.1, 0.15) is 11.8 Å². The largest absolute Gasteiger partial charge is 0.490 e. The maximum atomic E-state index is 13.3. The summed E-state index contributed by atoms with van der Waals surface area (Å²) >= 11 is 0. The Morgan fingerprint density at radius 3 is 2.39 bits per heavy atom. The molecular formula is C20H26O8. The highest BCUT2D eigenvalue weighted by Gasteiger charge is 2.47. The van der Waals surface area contributed by atoms with Crippen LogP contribution in [0.4, 0.5) is 0 Å². The van der Waals surface area contributed by atoms with Crippen LogP contribution in [0.1, 0.15) is 35.9 Å². The molecule has 0 amide bonds. The molecule has 154 valence electrons.